The first-order chi connectivity index (χ1) is 9.88. The highest BCUT2D eigenvalue weighted by Crippen LogP contribution is 2.17. The van der Waals surface area contributed by atoms with Crippen molar-refractivity contribution in [2.45, 2.75) is 20.8 Å². The van der Waals surface area contributed by atoms with Gasteiger partial charge in [-0.3, -0.25) is 9.78 Å². The highest BCUT2D eigenvalue weighted by Gasteiger charge is 2.29. The standard InChI is InChI=1S/C15H21N3O3/c1-15(2,3)14(20)21-18-9-7-17(8-10-18)13(19)12-5-4-6-16-11-12/h4-6,11H,7-10H2,1-3H3. The molecule has 2 heterocycles. The van der Waals surface area contributed by atoms with Crippen LogP contribution in [0.15, 0.2) is 24.5 Å². The Labute approximate surface area is 124 Å². The summed E-state index contributed by atoms with van der Waals surface area (Å²) in [5, 5.41) is 1.63. The van der Waals surface area contributed by atoms with Crippen molar-refractivity contribution < 1.29 is 14.4 Å². The van der Waals surface area contributed by atoms with E-state index < -0.39 is 5.41 Å². The van der Waals surface area contributed by atoms with Gasteiger partial charge in [0.1, 0.15) is 0 Å². The number of carbonyl (C=O) groups excluding carboxylic acids is 2. The van der Waals surface area contributed by atoms with E-state index in [4.69, 9.17) is 4.84 Å². The minimum absolute atomic E-state index is 0.0371. The molecule has 0 radical (unpaired) electrons. The fraction of sp³-hybridized carbons (Fsp3) is 0.533. The van der Waals surface area contributed by atoms with Crippen LogP contribution >= 0.6 is 0 Å². The number of piperazine rings is 1. The van der Waals surface area contributed by atoms with Gasteiger partial charge < -0.3 is 9.74 Å². The molecule has 1 aromatic rings. The number of pyridine rings is 1. The van der Waals surface area contributed by atoms with Gasteiger partial charge in [0.15, 0.2) is 0 Å². The van der Waals surface area contributed by atoms with Gasteiger partial charge in [-0.15, -0.1) is 5.06 Å². The van der Waals surface area contributed by atoms with Crippen LogP contribution in [0, 0.1) is 5.41 Å². The maximum absolute atomic E-state index is 12.2. The monoisotopic (exact) mass is 291 g/mol. The number of amides is 1. The van der Waals surface area contributed by atoms with Gasteiger partial charge >= 0.3 is 5.97 Å². The SMILES string of the molecule is CC(C)(C)C(=O)ON1CCN(C(=O)c2cccnc2)CC1. The van der Waals surface area contributed by atoms with Gasteiger partial charge in [0.25, 0.3) is 5.91 Å². The quantitative estimate of drug-likeness (QED) is 0.823. The molecule has 0 spiro atoms. The Bertz CT molecular complexity index is 503. The Morgan fingerprint density at radius 3 is 2.38 bits per heavy atom. The fourth-order valence-electron chi connectivity index (χ4n) is 1.91. The van der Waals surface area contributed by atoms with Crippen molar-refractivity contribution in [3.05, 3.63) is 30.1 Å². The van der Waals surface area contributed by atoms with E-state index in [1.807, 2.05) is 20.8 Å². The molecule has 21 heavy (non-hydrogen) atoms. The Kier molecular flexibility index (Phi) is 4.57. The van der Waals surface area contributed by atoms with Crippen LogP contribution in [0.2, 0.25) is 0 Å². The van der Waals surface area contributed by atoms with Gasteiger partial charge in [-0.05, 0) is 32.9 Å². The molecule has 6 nitrogen and oxygen atoms in total. The largest absolute Gasteiger partial charge is 0.367 e. The minimum atomic E-state index is -0.525. The van der Waals surface area contributed by atoms with Crippen molar-refractivity contribution in [2.75, 3.05) is 26.2 Å². The average molecular weight is 291 g/mol. The summed E-state index contributed by atoms with van der Waals surface area (Å²) >= 11 is 0. The zero-order chi connectivity index (χ0) is 15.5. The van der Waals surface area contributed by atoms with Crippen LogP contribution in [-0.4, -0.2) is 53.0 Å². The van der Waals surface area contributed by atoms with Crippen LogP contribution in [0.25, 0.3) is 0 Å². The van der Waals surface area contributed by atoms with E-state index in [-0.39, 0.29) is 11.9 Å². The Morgan fingerprint density at radius 1 is 1.19 bits per heavy atom. The molecule has 114 valence electrons. The second-order valence-electron chi connectivity index (χ2n) is 6.09. The van der Waals surface area contributed by atoms with E-state index in [1.54, 1.807) is 34.5 Å². The Balaban J connectivity index is 1.86. The van der Waals surface area contributed by atoms with Gasteiger partial charge in [0.05, 0.1) is 24.1 Å². The normalized spacial score (nSPS) is 16.6. The fourth-order valence-corrected chi connectivity index (χ4v) is 1.91. The number of nitrogens with zero attached hydrogens (tertiary/aromatic N) is 3. The molecule has 2 rings (SSSR count). The molecule has 1 fully saturated rings. The molecule has 1 amide bonds. The van der Waals surface area contributed by atoms with Crippen LogP contribution in [0.1, 0.15) is 31.1 Å². The number of rotatable bonds is 2. The van der Waals surface area contributed by atoms with Gasteiger partial charge in [-0.1, -0.05) is 0 Å². The maximum Gasteiger partial charge on any atom is 0.330 e. The minimum Gasteiger partial charge on any atom is -0.367 e. The molecule has 0 bridgehead atoms. The molecule has 0 atom stereocenters. The van der Waals surface area contributed by atoms with Crippen LogP contribution in [0.5, 0.6) is 0 Å². The van der Waals surface area contributed by atoms with Gasteiger partial charge in [0.2, 0.25) is 0 Å². The van der Waals surface area contributed by atoms with Crippen molar-refractivity contribution in [1.29, 1.82) is 0 Å². The van der Waals surface area contributed by atoms with Crippen molar-refractivity contribution in [1.82, 2.24) is 14.9 Å². The third-order valence-corrected chi connectivity index (χ3v) is 3.26. The summed E-state index contributed by atoms with van der Waals surface area (Å²) < 4.78 is 0. The van der Waals surface area contributed by atoms with Crippen molar-refractivity contribution >= 4 is 11.9 Å². The second kappa shape index (κ2) is 6.22. The van der Waals surface area contributed by atoms with Gasteiger partial charge in [-0.2, -0.15) is 0 Å². The summed E-state index contributed by atoms with van der Waals surface area (Å²) in [4.78, 5) is 35.1. The predicted molar refractivity (Wildman–Crippen MR) is 77.3 cm³/mol. The molecule has 1 aromatic heterocycles. The Morgan fingerprint density at radius 2 is 1.86 bits per heavy atom. The lowest BCUT2D eigenvalue weighted by atomic mass is 9.98. The lowest BCUT2D eigenvalue weighted by Gasteiger charge is -2.34. The van der Waals surface area contributed by atoms with E-state index in [9.17, 15) is 9.59 Å². The molecule has 1 aliphatic heterocycles. The van der Waals surface area contributed by atoms with Crippen molar-refractivity contribution in [3.8, 4) is 0 Å². The second-order valence-corrected chi connectivity index (χ2v) is 6.09. The van der Waals surface area contributed by atoms with E-state index in [0.717, 1.165) is 0 Å². The summed E-state index contributed by atoms with van der Waals surface area (Å²) in [7, 11) is 0. The predicted octanol–water partition coefficient (Wildman–Crippen LogP) is 1.34. The maximum atomic E-state index is 12.2. The molecule has 0 aromatic carbocycles. The highest BCUT2D eigenvalue weighted by atomic mass is 16.7. The topological polar surface area (TPSA) is 62.7 Å². The molecule has 0 aliphatic carbocycles. The third kappa shape index (κ3) is 4.01. The molecular weight excluding hydrogens is 270 g/mol. The van der Waals surface area contributed by atoms with Crippen molar-refractivity contribution in [2.24, 2.45) is 5.41 Å². The average Bonchev–Trinajstić information content (AvgIpc) is 2.47. The first-order valence-corrected chi connectivity index (χ1v) is 7.04. The summed E-state index contributed by atoms with van der Waals surface area (Å²) in [6.45, 7) is 7.56. The molecule has 0 unspecified atom stereocenters. The van der Waals surface area contributed by atoms with Crippen molar-refractivity contribution in [3.63, 3.8) is 0 Å². The first-order valence-electron chi connectivity index (χ1n) is 7.04. The van der Waals surface area contributed by atoms with E-state index >= 15 is 0 Å². The van der Waals surface area contributed by atoms with Gasteiger partial charge in [0, 0.05) is 25.5 Å². The molecular formula is C15H21N3O3. The number of carbonyl (C=O) groups is 2. The zero-order valence-corrected chi connectivity index (χ0v) is 12.7. The van der Waals surface area contributed by atoms with Crippen LogP contribution in [0.4, 0.5) is 0 Å². The summed E-state index contributed by atoms with van der Waals surface area (Å²) in [6, 6.07) is 3.50. The summed E-state index contributed by atoms with van der Waals surface area (Å²) in [5.41, 5.74) is 0.0560. The molecule has 0 saturated carbocycles. The molecule has 6 heteroatoms. The first kappa shape index (κ1) is 15.4. The van der Waals surface area contributed by atoms with Crippen LogP contribution < -0.4 is 0 Å². The van der Waals surface area contributed by atoms with E-state index in [0.29, 0.717) is 31.7 Å². The van der Waals surface area contributed by atoms with Gasteiger partial charge in [-0.25, -0.2) is 4.79 Å². The summed E-state index contributed by atoms with van der Waals surface area (Å²) in [5.74, 6) is -0.292. The number of hydrogen-bond acceptors (Lipinski definition) is 5. The zero-order valence-electron chi connectivity index (χ0n) is 12.7. The van der Waals surface area contributed by atoms with Crippen LogP contribution in [0.3, 0.4) is 0 Å². The molecule has 1 saturated heterocycles. The molecule has 0 N–H and O–H groups in total. The van der Waals surface area contributed by atoms with E-state index in [2.05, 4.69) is 4.98 Å². The summed E-state index contributed by atoms with van der Waals surface area (Å²) in [6.07, 6.45) is 3.20. The molecule has 1 aliphatic rings. The van der Waals surface area contributed by atoms with E-state index in [1.165, 1.54) is 0 Å². The third-order valence-electron chi connectivity index (χ3n) is 3.26. The number of hydrogen-bond donors (Lipinski definition) is 0. The highest BCUT2D eigenvalue weighted by molar-refractivity contribution is 5.93. The lowest BCUT2D eigenvalue weighted by molar-refractivity contribution is -0.205. The lowest BCUT2D eigenvalue weighted by Crippen LogP contribution is -2.49. The smallest absolute Gasteiger partial charge is 0.330 e. The van der Waals surface area contributed by atoms with Crippen LogP contribution in [-0.2, 0) is 9.63 Å². The Hall–Kier alpha value is -1.95. The number of hydroxylamine groups is 2. The number of aromatic nitrogens is 1.